The zero-order chi connectivity index (χ0) is 18.4. The van der Waals surface area contributed by atoms with Gasteiger partial charge >= 0.3 is 0 Å². The summed E-state index contributed by atoms with van der Waals surface area (Å²) >= 11 is 0. The Labute approximate surface area is 146 Å². The van der Waals surface area contributed by atoms with Crippen molar-refractivity contribution in [1.82, 2.24) is 5.32 Å². The molecule has 0 spiro atoms. The van der Waals surface area contributed by atoms with E-state index in [0.29, 0.717) is 11.4 Å². The number of sulfonamides is 1. The van der Waals surface area contributed by atoms with Crippen molar-refractivity contribution in [2.75, 3.05) is 30.8 Å². The molecule has 0 aromatic heterocycles. The topological polar surface area (TPSA) is 75.7 Å². The van der Waals surface area contributed by atoms with Gasteiger partial charge in [-0.15, -0.1) is 0 Å². The monoisotopic (exact) mass is 366 g/mol. The molecule has 2 aromatic rings. The van der Waals surface area contributed by atoms with Crippen LogP contribution in [0.25, 0.3) is 0 Å². The molecule has 2 aromatic carbocycles. The van der Waals surface area contributed by atoms with Gasteiger partial charge in [-0.2, -0.15) is 0 Å². The summed E-state index contributed by atoms with van der Waals surface area (Å²) in [4.78, 5) is 12.0. The molecule has 0 saturated carbocycles. The molecule has 0 aliphatic carbocycles. The summed E-state index contributed by atoms with van der Waals surface area (Å²) in [6, 6.07) is 12.3. The van der Waals surface area contributed by atoms with E-state index in [9.17, 15) is 17.6 Å². The van der Waals surface area contributed by atoms with Crippen LogP contribution >= 0.6 is 0 Å². The number of methoxy groups -OCH3 is 1. The van der Waals surface area contributed by atoms with Crippen molar-refractivity contribution in [3.63, 3.8) is 0 Å². The van der Waals surface area contributed by atoms with Crippen LogP contribution in [0.5, 0.6) is 5.75 Å². The molecule has 6 nitrogen and oxygen atoms in total. The minimum Gasteiger partial charge on any atom is -0.495 e. The van der Waals surface area contributed by atoms with Crippen LogP contribution in [-0.2, 0) is 10.0 Å². The molecule has 134 valence electrons. The molecule has 0 radical (unpaired) electrons. The van der Waals surface area contributed by atoms with E-state index in [2.05, 4.69) is 5.32 Å². The van der Waals surface area contributed by atoms with Crippen LogP contribution in [0.15, 0.2) is 48.5 Å². The Hall–Kier alpha value is -2.61. The zero-order valence-electron chi connectivity index (χ0n) is 13.9. The molecule has 0 fully saturated rings. The molecule has 1 N–H and O–H groups in total. The first-order chi connectivity index (χ1) is 11.8. The van der Waals surface area contributed by atoms with Crippen LogP contribution in [0.3, 0.4) is 0 Å². The Balaban J connectivity index is 2.12. The third-order valence-corrected chi connectivity index (χ3v) is 4.65. The van der Waals surface area contributed by atoms with E-state index in [1.54, 1.807) is 30.3 Å². The van der Waals surface area contributed by atoms with E-state index in [1.807, 2.05) is 0 Å². The molecule has 0 heterocycles. The Morgan fingerprint density at radius 2 is 1.80 bits per heavy atom. The second-order valence-corrected chi connectivity index (χ2v) is 7.15. The van der Waals surface area contributed by atoms with E-state index in [-0.39, 0.29) is 18.7 Å². The first kappa shape index (κ1) is 18.7. The fourth-order valence-corrected chi connectivity index (χ4v) is 3.24. The number of benzene rings is 2. The molecule has 0 atom stereocenters. The Morgan fingerprint density at radius 1 is 1.16 bits per heavy atom. The van der Waals surface area contributed by atoms with Crippen LogP contribution in [0.1, 0.15) is 10.4 Å². The van der Waals surface area contributed by atoms with E-state index >= 15 is 0 Å². The summed E-state index contributed by atoms with van der Waals surface area (Å²) in [6.45, 7) is -0.00230. The molecule has 2 rings (SSSR count). The van der Waals surface area contributed by atoms with Crippen LogP contribution < -0.4 is 14.4 Å². The van der Waals surface area contributed by atoms with Gasteiger partial charge in [0.1, 0.15) is 11.6 Å². The minimum absolute atomic E-state index is 0.0122. The standard InChI is InChI=1S/C17H19FN2O4S/c1-24-16-10-6-5-9-15(16)20(25(2,22)23)12-11-19-17(21)13-7-3-4-8-14(13)18/h3-10H,11-12H2,1-2H3,(H,19,21). The molecular formula is C17H19FN2O4S. The van der Waals surface area contributed by atoms with Gasteiger partial charge in [0.25, 0.3) is 5.91 Å². The first-order valence-electron chi connectivity index (χ1n) is 7.48. The van der Waals surface area contributed by atoms with E-state index in [1.165, 1.54) is 25.3 Å². The average molecular weight is 366 g/mol. The summed E-state index contributed by atoms with van der Waals surface area (Å²) < 4.78 is 44.1. The number of amides is 1. The number of carbonyl (C=O) groups is 1. The second-order valence-electron chi connectivity index (χ2n) is 5.24. The zero-order valence-corrected chi connectivity index (χ0v) is 14.7. The molecule has 1 amide bonds. The lowest BCUT2D eigenvalue weighted by Crippen LogP contribution is -2.38. The van der Waals surface area contributed by atoms with E-state index in [4.69, 9.17) is 4.74 Å². The normalized spacial score (nSPS) is 11.0. The van der Waals surface area contributed by atoms with Gasteiger partial charge < -0.3 is 10.1 Å². The van der Waals surface area contributed by atoms with Crippen LogP contribution in [0.4, 0.5) is 10.1 Å². The number of carbonyl (C=O) groups excluding carboxylic acids is 1. The Kier molecular flexibility index (Phi) is 5.97. The maximum atomic E-state index is 13.6. The number of hydrogen-bond acceptors (Lipinski definition) is 4. The predicted molar refractivity (Wildman–Crippen MR) is 93.9 cm³/mol. The van der Waals surface area contributed by atoms with Gasteiger partial charge in [0, 0.05) is 6.54 Å². The maximum Gasteiger partial charge on any atom is 0.254 e. The molecule has 0 aliphatic heterocycles. The molecule has 0 unspecified atom stereocenters. The number of nitrogens with zero attached hydrogens (tertiary/aromatic N) is 1. The third-order valence-electron chi connectivity index (χ3n) is 3.47. The Bertz CT molecular complexity index is 855. The van der Waals surface area contributed by atoms with E-state index < -0.39 is 21.7 Å². The van der Waals surface area contributed by atoms with Gasteiger partial charge in [-0.3, -0.25) is 9.10 Å². The molecular weight excluding hydrogens is 347 g/mol. The summed E-state index contributed by atoms with van der Waals surface area (Å²) in [7, 11) is -2.15. The minimum atomic E-state index is -3.59. The van der Waals surface area contributed by atoms with Crippen LogP contribution in [0.2, 0.25) is 0 Å². The summed E-state index contributed by atoms with van der Waals surface area (Å²) in [5.74, 6) is -0.843. The number of hydrogen-bond donors (Lipinski definition) is 1. The highest BCUT2D eigenvalue weighted by Gasteiger charge is 2.21. The van der Waals surface area contributed by atoms with Crippen molar-refractivity contribution in [2.45, 2.75) is 0 Å². The summed E-state index contributed by atoms with van der Waals surface area (Å²) in [5, 5.41) is 2.52. The number of anilines is 1. The number of ether oxygens (including phenoxy) is 1. The van der Waals surface area contributed by atoms with Crippen LogP contribution in [0, 0.1) is 5.82 Å². The maximum absolute atomic E-state index is 13.6. The number of rotatable bonds is 7. The lowest BCUT2D eigenvalue weighted by molar-refractivity contribution is 0.0951. The third kappa shape index (κ3) is 4.69. The van der Waals surface area contributed by atoms with Crippen molar-refractivity contribution in [3.8, 4) is 5.75 Å². The first-order valence-corrected chi connectivity index (χ1v) is 9.33. The van der Waals surface area contributed by atoms with E-state index in [0.717, 1.165) is 10.6 Å². The fourth-order valence-electron chi connectivity index (χ4n) is 2.31. The predicted octanol–water partition coefficient (Wildman–Crippen LogP) is 2.03. The van der Waals surface area contributed by atoms with Gasteiger partial charge in [0.2, 0.25) is 10.0 Å². The number of nitrogens with one attached hydrogen (secondary N) is 1. The largest absolute Gasteiger partial charge is 0.495 e. The lowest BCUT2D eigenvalue weighted by atomic mass is 10.2. The molecule has 25 heavy (non-hydrogen) atoms. The molecule has 0 bridgehead atoms. The summed E-state index contributed by atoms with van der Waals surface area (Å²) in [5.41, 5.74) is 0.276. The fraction of sp³-hybridized carbons (Fsp3) is 0.235. The van der Waals surface area contributed by atoms with Gasteiger partial charge in [0.05, 0.1) is 31.2 Å². The van der Waals surface area contributed by atoms with Gasteiger partial charge in [-0.1, -0.05) is 24.3 Å². The van der Waals surface area contributed by atoms with Gasteiger partial charge in [-0.25, -0.2) is 12.8 Å². The van der Waals surface area contributed by atoms with Crippen molar-refractivity contribution < 1.29 is 22.3 Å². The smallest absolute Gasteiger partial charge is 0.254 e. The SMILES string of the molecule is COc1ccccc1N(CCNC(=O)c1ccccc1F)S(C)(=O)=O. The van der Waals surface area contributed by atoms with Gasteiger partial charge in [0.15, 0.2) is 0 Å². The molecule has 0 saturated heterocycles. The second kappa shape index (κ2) is 7.98. The summed E-state index contributed by atoms with van der Waals surface area (Å²) in [6.07, 6.45) is 1.07. The Morgan fingerprint density at radius 3 is 2.44 bits per heavy atom. The highest BCUT2D eigenvalue weighted by molar-refractivity contribution is 7.92. The van der Waals surface area contributed by atoms with Crippen molar-refractivity contribution in [3.05, 3.63) is 59.9 Å². The lowest BCUT2D eigenvalue weighted by Gasteiger charge is -2.24. The molecule has 0 aliphatic rings. The molecule has 8 heteroatoms. The van der Waals surface area contributed by atoms with Crippen LogP contribution in [-0.4, -0.2) is 40.8 Å². The average Bonchev–Trinajstić information content (AvgIpc) is 2.58. The number of halogens is 1. The van der Waals surface area contributed by atoms with Crippen molar-refractivity contribution >= 4 is 21.6 Å². The van der Waals surface area contributed by atoms with Crippen molar-refractivity contribution in [1.29, 1.82) is 0 Å². The highest BCUT2D eigenvalue weighted by atomic mass is 32.2. The number of para-hydroxylation sites is 2. The van der Waals surface area contributed by atoms with Crippen molar-refractivity contribution in [2.24, 2.45) is 0 Å². The quantitative estimate of drug-likeness (QED) is 0.814. The van der Waals surface area contributed by atoms with Gasteiger partial charge in [-0.05, 0) is 24.3 Å². The highest BCUT2D eigenvalue weighted by Crippen LogP contribution is 2.29.